The highest BCUT2D eigenvalue weighted by atomic mass is 16.3. The highest BCUT2D eigenvalue weighted by Gasteiger charge is 2.39. The summed E-state index contributed by atoms with van der Waals surface area (Å²) in [5.74, 6) is 0. The molecule has 1 aliphatic heterocycles. The SMILES string of the molecule is OCC1N[C@@H](CO)C(O)[C@@H]1O. The quantitative estimate of drug-likeness (QED) is 0.300. The summed E-state index contributed by atoms with van der Waals surface area (Å²) in [5.41, 5.74) is 0. The molecule has 1 aliphatic rings. The topological polar surface area (TPSA) is 93.0 Å². The molecule has 0 bridgehead atoms. The number of aliphatic hydroxyl groups excluding tert-OH is 4. The average Bonchev–Trinajstić information content (AvgIpc) is 2.30. The molecule has 2 unspecified atom stereocenters. The summed E-state index contributed by atoms with van der Waals surface area (Å²) in [7, 11) is 0. The minimum absolute atomic E-state index is 0.241. The average molecular weight is 163 g/mol. The number of aliphatic hydroxyl groups is 4. The van der Waals surface area contributed by atoms with E-state index in [-0.39, 0.29) is 13.2 Å². The van der Waals surface area contributed by atoms with Crippen molar-refractivity contribution in [2.45, 2.75) is 24.3 Å². The van der Waals surface area contributed by atoms with Crippen LogP contribution in [0, 0.1) is 0 Å². The van der Waals surface area contributed by atoms with E-state index in [2.05, 4.69) is 5.32 Å². The third-order valence-electron chi connectivity index (χ3n) is 2.00. The van der Waals surface area contributed by atoms with E-state index in [0.29, 0.717) is 0 Å². The van der Waals surface area contributed by atoms with Crippen LogP contribution in [-0.2, 0) is 0 Å². The number of rotatable bonds is 2. The molecule has 11 heavy (non-hydrogen) atoms. The molecule has 4 atom stereocenters. The lowest BCUT2D eigenvalue weighted by Crippen LogP contribution is -2.37. The van der Waals surface area contributed by atoms with Crippen molar-refractivity contribution in [3.05, 3.63) is 0 Å². The van der Waals surface area contributed by atoms with Crippen LogP contribution in [0.4, 0.5) is 0 Å². The van der Waals surface area contributed by atoms with E-state index in [9.17, 15) is 10.2 Å². The van der Waals surface area contributed by atoms with Crippen LogP contribution < -0.4 is 5.32 Å². The van der Waals surface area contributed by atoms with Gasteiger partial charge in [-0.25, -0.2) is 0 Å². The Morgan fingerprint density at radius 2 is 1.27 bits per heavy atom. The highest BCUT2D eigenvalue weighted by Crippen LogP contribution is 2.13. The van der Waals surface area contributed by atoms with E-state index >= 15 is 0 Å². The Morgan fingerprint density at radius 3 is 1.45 bits per heavy atom. The Balaban J connectivity index is 2.53. The van der Waals surface area contributed by atoms with Gasteiger partial charge >= 0.3 is 0 Å². The highest BCUT2D eigenvalue weighted by molar-refractivity contribution is 4.97. The first kappa shape index (κ1) is 8.89. The van der Waals surface area contributed by atoms with E-state index in [1.54, 1.807) is 0 Å². The van der Waals surface area contributed by atoms with Crippen molar-refractivity contribution in [3.8, 4) is 0 Å². The largest absolute Gasteiger partial charge is 0.395 e. The smallest absolute Gasteiger partial charge is 0.0990 e. The summed E-state index contributed by atoms with van der Waals surface area (Å²) >= 11 is 0. The van der Waals surface area contributed by atoms with E-state index in [1.807, 2.05) is 0 Å². The molecule has 5 nitrogen and oxygen atoms in total. The van der Waals surface area contributed by atoms with E-state index in [1.165, 1.54) is 0 Å². The van der Waals surface area contributed by atoms with Crippen molar-refractivity contribution in [1.29, 1.82) is 0 Å². The maximum absolute atomic E-state index is 9.18. The van der Waals surface area contributed by atoms with Gasteiger partial charge in [-0.2, -0.15) is 0 Å². The fourth-order valence-corrected chi connectivity index (χ4v) is 1.27. The summed E-state index contributed by atoms with van der Waals surface area (Å²) < 4.78 is 0. The first-order valence-electron chi connectivity index (χ1n) is 3.54. The van der Waals surface area contributed by atoms with Gasteiger partial charge in [-0.3, -0.25) is 0 Å². The second kappa shape index (κ2) is 3.46. The third-order valence-corrected chi connectivity index (χ3v) is 2.00. The van der Waals surface area contributed by atoms with E-state index < -0.39 is 24.3 Å². The molecule has 1 fully saturated rings. The zero-order valence-electron chi connectivity index (χ0n) is 6.01. The first-order chi connectivity index (χ1) is 5.20. The molecule has 0 aromatic heterocycles. The molecule has 0 aromatic rings. The molecular weight excluding hydrogens is 150 g/mol. The molecule has 1 rings (SSSR count). The van der Waals surface area contributed by atoms with Gasteiger partial charge in [0, 0.05) is 0 Å². The Hall–Kier alpha value is -0.200. The van der Waals surface area contributed by atoms with Crippen molar-refractivity contribution < 1.29 is 20.4 Å². The Morgan fingerprint density at radius 1 is 0.909 bits per heavy atom. The zero-order chi connectivity index (χ0) is 8.43. The van der Waals surface area contributed by atoms with Gasteiger partial charge in [-0.1, -0.05) is 0 Å². The van der Waals surface area contributed by atoms with Crippen molar-refractivity contribution in [3.63, 3.8) is 0 Å². The molecule has 0 radical (unpaired) electrons. The van der Waals surface area contributed by atoms with Crippen LogP contribution in [0.2, 0.25) is 0 Å². The predicted octanol–water partition coefficient (Wildman–Crippen LogP) is -2.97. The summed E-state index contributed by atoms with van der Waals surface area (Å²) in [4.78, 5) is 0. The predicted molar refractivity (Wildman–Crippen MR) is 36.9 cm³/mol. The normalized spacial score (nSPS) is 44.7. The molecule has 0 saturated carbocycles. The van der Waals surface area contributed by atoms with Gasteiger partial charge in [0.25, 0.3) is 0 Å². The third kappa shape index (κ3) is 1.52. The molecule has 5 N–H and O–H groups in total. The lowest BCUT2D eigenvalue weighted by atomic mass is 10.1. The molecule has 1 saturated heterocycles. The van der Waals surface area contributed by atoms with Crippen molar-refractivity contribution in [1.82, 2.24) is 5.32 Å². The van der Waals surface area contributed by atoms with Crippen LogP contribution >= 0.6 is 0 Å². The Bertz CT molecular complexity index is 114. The molecule has 66 valence electrons. The number of nitrogens with one attached hydrogen (secondary N) is 1. The lowest BCUT2D eigenvalue weighted by Gasteiger charge is -2.12. The molecule has 0 aromatic carbocycles. The fourth-order valence-electron chi connectivity index (χ4n) is 1.27. The van der Waals surface area contributed by atoms with Gasteiger partial charge in [-0.05, 0) is 0 Å². The maximum Gasteiger partial charge on any atom is 0.0990 e. The van der Waals surface area contributed by atoms with Crippen molar-refractivity contribution in [2.75, 3.05) is 13.2 Å². The summed E-state index contributed by atoms with van der Waals surface area (Å²) in [6, 6.07) is -1.05. The van der Waals surface area contributed by atoms with E-state index in [4.69, 9.17) is 10.2 Å². The second-order valence-electron chi connectivity index (χ2n) is 2.73. The van der Waals surface area contributed by atoms with Crippen LogP contribution in [0.25, 0.3) is 0 Å². The van der Waals surface area contributed by atoms with Crippen molar-refractivity contribution >= 4 is 0 Å². The Labute approximate surface area is 64.3 Å². The minimum atomic E-state index is -0.989. The van der Waals surface area contributed by atoms with Crippen LogP contribution in [0.3, 0.4) is 0 Å². The Kier molecular flexibility index (Phi) is 2.80. The van der Waals surface area contributed by atoms with Crippen LogP contribution in [0.5, 0.6) is 0 Å². The molecular formula is C6H13NO4. The van der Waals surface area contributed by atoms with Gasteiger partial charge < -0.3 is 25.7 Å². The standard InChI is InChI=1S/C6H13NO4/c8-1-3-5(10)6(11)4(2-9)7-3/h3-11H,1-2H2/t3-,4?,5?,6+/m0/s1. The van der Waals surface area contributed by atoms with Crippen LogP contribution in [0.1, 0.15) is 0 Å². The lowest BCUT2D eigenvalue weighted by molar-refractivity contribution is 0.0130. The maximum atomic E-state index is 9.18. The molecule has 0 amide bonds. The number of hydrogen-bond donors (Lipinski definition) is 5. The van der Waals surface area contributed by atoms with Gasteiger partial charge in [0.2, 0.25) is 0 Å². The van der Waals surface area contributed by atoms with Crippen LogP contribution in [0.15, 0.2) is 0 Å². The van der Waals surface area contributed by atoms with Gasteiger partial charge in [-0.15, -0.1) is 0 Å². The molecule has 0 aliphatic carbocycles. The monoisotopic (exact) mass is 163 g/mol. The molecule has 5 heteroatoms. The van der Waals surface area contributed by atoms with Gasteiger partial charge in [0.15, 0.2) is 0 Å². The second-order valence-corrected chi connectivity index (χ2v) is 2.73. The summed E-state index contributed by atoms with van der Waals surface area (Å²) in [6.45, 7) is -0.483. The minimum Gasteiger partial charge on any atom is -0.395 e. The van der Waals surface area contributed by atoms with Gasteiger partial charge in [0.1, 0.15) is 0 Å². The summed E-state index contributed by atoms with van der Waals surface area (Å²) in [5, 5.41) is 38.3. The van der Waals surface area contributed by atoms with Gasteiger partial charge in [0.05, 0.1) is 37.5 Å². The van der Waals surface area contributed by atoms with E-state index in [0.717, 1.165) is 0 Å². The molecule has 1 heterocycles. The van der Waals surface area contributed by atoms with Crippen molar-refractivity contribution in [2.24, 2.45) is 0 Å². The zero-order valence-corrected chi connectivity index (χ0v) is 6.01. The molecule has 0 spiro atoms. The summed E-state index contributed by atoms with van der Waals surface area (Å²) in [6.07, 6.45) is -1.98. The first-order valence-corrected chi connectivity index (χ1v) is 3.54. The fraction of sp³-hybridized carbons (Fsp3) is 1.00. The van der Waals surface area contributed by atoms with Crippen LogP contribution in [-0.4, -0.2) is 57.9 Å². The number of hydrogen-bond acceptors (Lipinski definition) is 5.